The van der Waals surface area contributed by atoms with Crippen LogP contribution in [0.5, 0.6) is 11.5 Å². The molecule has 1 heterocycles. The number of anilines is 1. The predicted octanol–water partition coefficient (Wildman–Crippen LogP) is 5.44. The van der Waals surface area contributed by atoms with Gasteiger partial charge in [-0.3, -0.25) is 9.36 Å². The van der Waals surface area contributed by atoms with Gasteiger partial charge in [-0.2, -0.15) is 0 Å². The second kappa shape index (κ2) is 10.5. The number of hydrogen-bond donors (Lipinski definition) is 1. The van der Waals surface area contributed by atoms with Gasteiger partial charge in [-0.05, 0) is 54.6 Å². The third-order valence-corrected chi connectivity index (χ3v) is 6.15. The summed E-state index contributed by atoms with van der Waals surface area (Å²) in [6.45, 7) is 0. The third kappa shape index (κ3) is 5.55. The fourth-order valence-corrected chi connectivity index (χ4v) is 4.32. The first-order chi connectivity index (χ1) is 16.1. The van der Waals surface area contributed by atoms with E-state index in [9.17, 15) is 4.79 Å². The molecule has 0 aliphatic rings. The minimum atomic E-state index is -0.134. The van der Waals surface area contributed by atoms with Gasteiger partial charge < -0.3 is 14.8 Å². The van der Waals surface area contributed by atoms with Crippen molar-refractivity contribution in [2.24, 2.45) is 0 Å². The number of benzene rings is 3. The van der Waals surface area contributed by atoms with E-state index in [1.807, 2.05) is 77.4 Å². The first-order valence-corrected chi connectivity index (χ1v) is 11.8. The average Bonchev–Trinajstić information content (AvgIpc) is 3.27. The summed E-state index contributed by atoms with van der Waals surface area (Å²) >= 11 is 4.72. The van der Waals surface area contributed by atoms with Gasteiger partial charge in [0.05, 0.1) is 20.0 Å². The molecule has 0 fully saturated rings. The van der Waals surface area contributed by atoms with Crippen LogP contribution in [0.25, 0.3) is 17.1 Å². The lowest BCUT2D eigenvalue weighted by atomic mass is 10.2. The zero-order valence-electron chi connectivity index (χ0n) is 18.0. The number of carbonyl (C=O) groups excluding carboxylic acids is 1. The molecule has 0 unspecified atom stereocenters. The monoisotopic (exact) mass is 524 g/mol. The summed E-state index contributed by atoms with van der Waals surface area (Å²) in [4.78, 5) is 12.6. The molecule has 1 aromatic heterocycles. The number of halogens is 1. The molecule has 3 aromatic carbocycles. The highest BCUT2D eigenvalue weighted by atomic mass is 79.9. The Morgan fingerprint density at radius 3 is 2.45 bits per heavy atom. The van der Waals surface area contributed by atoms with Gasteiger partial charge in [0, 0.05) is 21.4 Å². The van der Waals surface area contributed by atoms with E-state index in [-0.39, 0.29) is 11.7 Å². The number of amides is 1. The number of nitrogens with one attached hydrogen (secondary N) is 1. The maximum Gasteiger partial charge on any atom is 0.234 e. The highest BCUT2D eigenvalue weighted by Gasteiger charge is 2.18. The van der Waals surface area contributed by atoms with Crippen molar-refractivity contribution in [2.45, 2.75) is 5.16 Å². The molecule has 33 heavy (non-hydrogen) atoms. The number of aromatic nitrogens is 3. The molecule has 0 spiro atoms. The fourth-order valence-electron chi connectivity index (χ4n) is 3.17. The summed E-state index contributed by atoms with van der Waals surface area (Å²) in [7, 11) is 3.25. The molecule has 1 amide bonds. The minimum absolute atomic E-state index is 0.134. The smallest absolute Gasteiger partial charge is 0.234 e. The number of ether oxygens (including phenoxy) is 2. The molecule has 1 N–H and O–H groups in total. The van der Waals surface area contributed by atoms with Crippen molar-refractivity contribution in [3.63, 3.8) is 0 Å². The van der Waals surface area contributed by atoms with Gasteiger partial charge >= 0.3 is 0 Å². The van der Waals surface area contributed by atoms with Crippen LogP contribution in [0, 0.1) is 0 Å². The van der Waals surface area contributed by atoms with Gasteiger partial charge in [0.25, 0.3) is 0 Å². The summed E-state index contributed by atoms with van der Waals surface area (Å²) in [5.74, 6) is 2.16. The molecule has 0 aliphatic heterocycles. The van der Waals surface area contributed by atoms with Crippen molar-refractivity contribution in [1.29, 1.82) is 0 Å². The van der Waals surface area contributed by atoms with Crippen LogP contribution in [-0.4, -0.2) is 40.6 Å². The van der Waals surface area contributed by atoms with Crippen molar-refractivity contribution >= 4 is 39.3 Å². The zero-order chi connectivity index (χ0) is 23.2. The lowest BCUT2D eigenvalue weighted by Gasteiger charge is -2.12. The molecule has 168 valence electrons. The largest absolute Gasteiger partial charge is 0.497 e. The lowest BCUT2D eigenvalue weighted by molar-refractivity contribution is -0.113. The Labute approximate surface area is 204 Å². The number of carbonyl (C=O) groups is 1. The number of rotatable bonds is 8. The molecular formula is C24H21BrN4O3S. The van der Waals surface area contributed by atoms with Gasteiger partial charge in [-0.15, -0.1) is 10.2 Å². The van der Waals surface area contributed by atoms with Gasteiger partial charge in [0.15, 0.2) is 11.0 Å². The SMILES string of the molecule is COc1ccc(-n2c(SCC(=O)Nc3cccc(Br)c3)nnc2-c2cccc(OC)c2)cc1. The maximum absolute atomic E-state index is 12.6. The zero-order valence-corrected chi connectivity index (χ0v) is 20.4. The number of methoxy groups -OCH3 is 2. The quantitative estimate of drug-likeness (QED) is 0.309. The van der Waals surface area contributed by atoms with E-state index in [4.69, 9.17) is 9.47 Å². The summed E-state index contributed by atoms with van der Waals surface area (Å²) in [5.41, 5.74) is 2.43. The van der Waals surface area contributed by atoms with Crippen molar-refractivity contribution in [3.05, 3.63) is 77.3 Å². The van der Waals surface area contributed by atoms with Gasteiger partial charge in [0.1, 0.15) is 11.5 Å². The van der Waals surface area contributed by atoms with Gasteiger partial charge in [-0.1, -0.05) is 45.9 Å². The Bertz CT molecular complexity index is 1260. The standard InChI is InChI=1S/C24H21BrN4O3S/c1-31-20-11-9-19(10-12-20)29-23(16-5-3-8-21(13-16)32-2)27-28-24(29)33-15-22(30)26-18-7-4-6-17(25)14-18/h3-14H,15H2,1-2H3,(H,26,30). The number of thioether (sulfide) groups is 1. The van der Waals surface area contributed by atoms with E-state index in [1.54, 1.807) is 14.2 Å². The second-order valence-electron chi connectivity index (χ2n) is 6.92. The lowest BCUT2D eigenvalue weighted by Crippen LogP contribution is -2.14. The molecule has 0 atom stereocenters. The Kier molecular flexibility index (Phi) is 7.31. The fraction of sp³-hybridized carbons (Fsp3) is 0.125. The summed E-state index contributed by atoms with van der Waals surface area (Å²) in [6, 6.07) is 22.7. The van der Waals surface area contributed by atoms with E-state index in [0.29, 0.717) is 11.0 Å². The van der Waals surface area contributed by atoms with Crippen LogP contribution in [0.3, 0.4) is 0 Å². The molecule has 7 nitrogen and oxygen atoms in total. The molecule has 4 rings (SSSR count). The van der Waals surface area contributed by atoms with Gasteiger partial charge in [0.2, 0.25) is 5.91 Å². The Hall–Kier alpha value is -3.30. The molecule has 9 heteroatoms. The van der Waals surface area contributed by atoms with Crippen LogP contribution in [0.1, 0.15) is 0 Å². The van der Waals surface area contributed by atoms with E-state index >= 15 is 0 Å². The summed E-state index contributed by atoms with van der Waals surface area (Å²) in [5, 5.41) is 12.3. The molecule has 0 saturated heterocycles. The molecule has 4 aromatic rings. The first-order valence-electron chi connectivity index (χ1n) is 10.00. The van der Waals surface area contributed by atoms with Crippen LogP contribution < -0.4 is 14.8 Å². The van der Waals surface area contributed by atoms with Crippen LogP contribution in [0.2, 0.25) is 0 Å². The normalized spacial score (nSPS) is 10.6. The number of nitrogens with zero attached hydrogens (tertiary/aromatic N) is 3. The third-order valence-electron chi connectivity index (χ3n) is 4.73. The molecule has 0 saturated carbocycles. The minimum Gasteiger partial charge on any atom is -0.497 e. The van der Waals surface area contributed by atoms with Crippen molar-refractivity contribution in [3.8, 4) is 28.6 Å². The van der Waals surface area contributed by atoms with Crippen LogP contribution >= 0.6 is 27.7 Å². The van der Waals surface area contributed by atoms with Crippen LogP contribution in [0.15, 0.2) is 82.4 Å². The Morgan fingerprint density at radius 1 is 0.970 bits per heavy atom. The van der Waals surface area contributed by atoms with Crippen molar-refractivity contribution in [2.75, 3.05) is 25.3 Å². The Morgan fingerprint density at radius 2 is 1.73 bits per heavy atom. The predicted molar refractivity (Wildman–Crippen MR) is 133 cm³/mol. The first kappa shape index (κ1) is 22.9. The Balaban J connectivity index is 1.62. The highest BCUT2D eigenvalue weighted by molar-refractivity contribution is 9.10. The van der Waals surface area contributed by atoms with Crippen molar-refractivity contribution < 1.29 is 14.3 Å². The van der Waals surface area contributed by atoms with Crippen molar-refractivity contribution in [1.82, 2.24) is 14.8 Å². The molecule has 0 aliphatic carbocycles. The average molecular weight is 525 g/mol. The van der Waals surface area contributed by atoms with Crippen LogP contribution in [0.4, 0.5) is 5.69 Å². The molecular weight excluding hydrogens is 504 g/mol. The van der Waals surface area contributed by atoms with E-state index in [2.05, 4.69) is 31.4 Å². The number of hydrogen-bond acceptors (Lipinski definition) is 6. The molecule has 0 bridgehead atoms. The summed E-state index contributed by atoms with van der Waals surface area (Å²) < 4.78 is 13.5. The van der Waals surface area contributed by atoms with E-state index in [0.717, 1.165) is 32.9 Å². The second-order valence-corrected chi connectivity index (χ2v) is 8.78. The van der Waals surface area contributed by atoms with Gasteiger partial charge in [-0.25, -0.2) is 0 Å². The van der Waals surface area contributed by atoms with E-state index in [1.165, 1.54) is 11.8 Å². The van der Waals surface area contributed by atoms with E-state index < -0.39 is 0 Å². The highest BCUT2D eigenvalue weighted by Crippen LogP contribution is 2.30. The topological polar surface area (TPSA) is 78.3 Å². The summed E-state index contributed by atoms with van der Waals surface area (Å²) in [6.07, 6.45) is 0. The maximum atomic E-state index is 12.6. The van der Waals surface area contributed by atoms with Crippen LogP contribution in [-0.2, 0) is 4.79 Å². The molecule has 0 radical (unpaired) electrons.